The Kier molecular flexibility index (Phi) is 7.41. The van der Waals surface area contributed by atoms with Crippen LogP contribution in [0.15, 0.2) is 23.1 Å². The van der Waals surface area contributed by atoms with Crippen molar-refractivity contribution in [2.75, 3.05) is 19.6 Å². The van der Waals surface area contributed by atoms with Crippen LogP contribution < -0.4 is 10.6 Å². The molecule has 1 heterocycles. The predicted molar refractivity (Wildman–Crippen MR) is 106 cm³/mol. The standard InChI is InChI=1S/C20H27F2N3O4S/c21-17-7-6-16(12-18(17)22)30(28,29)25-10-8-14(9-11-25)20(27)23-13-19(26)24-15-4-2-1-3-5-15/h6-7,12,14-15H,1-5,8-11,13H2,(H,23,27)(H,24,26). The molecule has 0 radical (unpaired) electrons. The molecule has 30 heavy (non-hydrogen) atoms. The summed E-state index contributed by atoms with van der Waals surface area (Å²) in [6, 6.07) is 2.64. The second-order valence-corrected chi connectivity index (χ2v) is 9.81. The molecule has 1 aliphatic heterocycles. The fraction of sp³-hybridized carbons (Fsp3) is 0.600. The van der Waals surface area contributed by atoms with E-state index in [0.29, 0.717) is 18.9 Å². The maximum Gasteiger partial charge on any atom is 0.243 e. The lowest BCUT2D eigenvalue weighted by Gasteiger charge is -2.30. The summed E-state index contributed by atoms with van der Waals surface area (Å²) in [5.41, 5.74) is 0. The van der Waals surface area contributed by atoms with Gasteiger partial charge in [-0.2, -0.15) is 4.31 Å². The summed E-state index contributed by atoms with van der Waals surface area (Å²) in [5.74, 6) is -3.23. The summed E-state index contributed by atoms with van der Waals surface area (Å²) >= 11 is 0. The van der Waals surface area contributed by atoms with Crippen LogP contribution in [0.25, 0.3) is 0 Å². The van der Waals surface area contributed by atoms with Crippen molar-refractivity contribution < 1.29 is 26.8 Å². The van der Waals surface area contributed by atoms with Gasteiger partial charge in [0.2, 0.25) is 21.8 Å². The van der Waals surface area contributed by atoms with E-state index >= 15 is 0 Å². The number of carbonyl (C=O) groups excluding carboxylic acids is 2. The number of piperidine rings is 1. The zero-order valence-corrected chi connectivity index (χ0v) is 17.5. The first kappa shape index (κ1) is 22.6. The fourth-order valence-electron chi connectivity index (χ4n) is 3.98. The van der Waals surface area contributed by atoms with Crippen molar-refractivity contribution >= 4 is 21.8 Å². The molecule has 0 bridgehead atoms. The van der Waals surface area contributed by atoms with Crippen molar-refractivity contribution in [1.29, 1.82) is 0 Å². The van der Waals surface area contributed by atoms with Crippen LogP contribution in [-0.4, -0.2) is 50.2 Å². The Bertz CT molecular complexity index is 880. The molecule has 0 aromatic heterocycles. The molecule has 166 valence electrons. The highest BCUT2D eigenvalue weighted by Gasteiger charge is 2.32. The van der Waals surface area contributed by atoms with Gasteiger partial charge in [-0.1, -0.05) is 19.3 Å². The van der Waals surface area contributed by atoms with Gasteiger partial charge in [0.1, 0.15) is 0 Å². The van der Waals surface area contributed by atoms with E-state index in [0.717, 1.165) is 37.8 Å². The zero-order valence-electron chi connectivity index (χ0n) is 16.7. The normalized spacial score (nSPS) is 19.4. The molecule has 2 fully saturated rings. The molecular weight excluding hydrogens is 416 g/mol. The van der Waals surface area contributed by atoms with Gasteiger partial charge in [-0.05, 0) is 43.9 Å². The predicted octanol–water partition coefficient (Wildman–Crippen LogP) is 1.93. The molecule has 1 saturated carbocycles. The van der Waals surface area contributed by atoms with E-state index in [9.17, 15) is 26.8 Å². The van der Waals surface area contributed by atoms with Gasteiger partial charge in [-0.15, -0.1) is 0 Å². The monoisotopic (exact) mass is 443 g/mol. The van der Waals surface area contributed by atoms with Gasteiger partial charge in [0.15, 0.2) is 11.6 Å². The molecular formula is C20H27F2N3O4S. The third kappa shape index (κ3) is 5.54. The Morgan fingerprint density at radius 3 is 2.30 bits per heavy atom. The highest BCUT2D eigenvalue weighted by molar-refractivity contribution is 7.89. The third-order valence-electron chi connectivity index (χ3n) is 5.75. The Labute approximate surface area is 175 Å². The maximum atomic E-state index is 13.4. The van der Waals surface area contributed by atoms with Crippen LogP contribution in [0.2, 0.25) is 0 Å². The summed E-state index contributed by atoms with van der Waals surface area (Å²) in [7, 11) is -3.96. The molecule has 1 saturated heterocycles. The molecule has 2 aliphatic rings. The van der Waals surface area contributed by atoms with E-state index in [1.54, 1.807) is 0 Å². The lowest BCUT2D eigenvalue weighted by molar-refractivity contribution is -0.129. The molecule has 1 aromatic rings. The molecule has 1 aliphatic carbocycles. The number of hydrogen-bond acceptors (Lipinski definition) is 4. The number of hydrogen-bond donors (Lipinski definition) is 2. The van der Waals surface area contributed by atoms with E-state index in [2.05, 4.69) is 10.6 Å². The van der Waals surface area contributed by atoms with E-state index in [-0.39, 0.29) is 42.4 Å². The van der Waals surface area contributed by atoms with E-state index in [1.165, 1.54) is 10.7 Å². The SMILES string of the molecule is O=C(CNC(=O)C1CCN(S(=O)(=O)c2ccc(F)c(F)c2)CC1)NC1CCCCC1. The van der Waals surface area contributed by atoms with Crippen molar-refractivity contribution in [2.24, 2.45) is 5.92 Å². The number of carbonyl (C=O) groups is 2. The lowest BCUT2D eigenvalue weighted by atomic mass is 9.95. The first-order valence-corrected chi connectivity index (χ1v) is 11.7. The van der Waals surface area contributed by atoms with Crippen molar-refractivity contribution in [2.45, 2.75) is 55.9 Å². The zero-order chi connectivity index (χ0) is 21.7. The number of benzene rings is 1. The molecule has 2 amide bonds. The highest BCUT2D eigenvalue weighted by Crippen LogP contribution is 2.25. The average molecular weight is 444 g/mol. The number of rotatable bonds is 6. The smallest absolute Gasteiger partial charge is 0.243 e. The summed E-state index contributed by atoms with van der Waals surface area (Å²) in [6.07, 6.45) is 5.90. The number of nitrogens with zero attached hydrogens (tertiary/aromatic N) is 1. The number of sulfonamides is 1. The Hall–Kier alpha value is -2.07. The van der Waals surface area contributed by atoms with Gasteiger partial charge >= 0.3 is 0 Å². The minimum Gasteiger partial charge on any atom is -0.352 e. The summed E-state index contributed by atoms with van der Waals surface area (Å²) in [6.45, 7) is 0.0874. The summed E-state index contributed by atoms with van der Waals surface area (Å²) in [5, 5.41) is 5.56. The molecule has 0 unspecified atom stereocenters. The topological polar surface area (TPSA) is 95.6 Å². The van der Waals surface area contributed by atoms with Gasteiger partial charge in [0.05, 0.1) is 11.4 Å². The van der Waals surface area contributed by atoms with Crippen molar-refractivity contribution in [3.05, 3.63) is 29.8 Å². The quantitative estimate of drug-likeness (QED) is 0.702. The minimum absolute atomic E-state index is 0.0910. The lowest BCUT2D eigenvalue weighted by Crippen LogP contribution is -2.46. The van der Waals surface area contributed by atoms with Crippen LogP contribution in [-0.2, 0) is 19.6 Å². The largest absolute Gasteiger partial charge is 0.352 e. The van der Waals surface area contributed by atoms with E-state index in [4.69, 9.17) is 0 Å². The van der Waals surface area contributed by atoms with Crippen molar-refractivity contribution in [1.82, 2.24) is 14.9 Å². The minimum atomic E-state index is -3.96. The highest BCUT2D eigenvalue weighted by atomic mass is 32.2. The van der Waals surface area contributed by atoms with E-state index in [1.807, 2.05) is 0 Å². The second-order valence-electron chi connectivity index (χ2n) is 7.87. The number of halogens is 2. The summed E-state index contributed by atoms with van der Waals surface area (Å²) < 4.78 is 52.9. The average Bonchev–Trinajstić information content (AvgIpc) is 2.74. The molecule has 1 aromatic carbocycles. The van der Waals surface area contributed by atoms with Crippen LogP contribution in [0.4, 0.5) is 8.78 Å². The fourth-order valence-corrected chi connectivity index (χ4v) is 5.46. The van der Waals surface area contributed by atoms with Crippen molar-refractivity contribution in [3.63, 3.8) is 0 Å². The molecule has 2 N–H and O–H groups in total. The maximum absolute atomic E-state index is 13.4. The molecule has 0 spiro atoms. The van der Waals surface area contributed by atoms with Gasteiger partial charge in [-0.3, -0.25) is 9.59 Å². The van der Waals surface area contributed by atoms with E-state index < -0.39 is 27.6 Å². The second kappa shape index (κ2) is 9.82. The molecule has 3 rings (SSSR count). The Balaban J connectivity index is 1.46. The van der Waals surface area contributed by atoms with Crippen molar-refractivity contribution in [3.8, 4) is 0 Å². The van der Waals surface area contributed by atoms with Crippen LogP contribution in [0.1, 0.15) is 44.9 Å². The summed E-state index contributed by atoms with van der Waals surface area (Å²) in [4.78, 5) is 24.1. The third-order valence-corrected chi connectivity index (χ3v) is 7.64. The van der Waals surface area contributed by atoms with Crippen LogP contribution >= 0.6 is 0 Å². The number of amides is 2. The Morgan fingerprint density at radius 1 is 1.00 bits per heavy atom. The van der Waals surface area contributed by atoms with Crippen LogP contribution in [0.3, 0.4) is 0 Å². The molecule has 10 heteroatoms. The van der Waals surface area contributed by atoms with Gasteiger partial charge in [0.25, 0.3) is 0 Å². The van der Waals surface area contributed by atoms with Gasteiger partial charge < -0.3 is 10.6 Å². The Morgan fingerprint density at radius 2 is 1.67 bits per heavy atom. The van der Waals surface area contributed by atoms with Crippen LogP contribution in [0, 0.1) is 17.6 Å². The van der Waals surface area contributed by atoms with Crippen LogP contribution in [0.5, 0.6) is 0 Å². The number of nitrogens with one attached hydrogen (secondary N) is 2. The first-order chi connectivity index (χ1) is 14.3. The first-order valence-electron chi connectivity index (χ1n) is 10.3. The molecule has 0 atom stereocenters. The van der Waals surface area contributed by atoms with Gasteiger partial charge in [-0.25, -0.2) is 17.2 Å². The molecule has 7 nitrogen and oxygen atoms in total. The van der Waals surface area contributed by atoms with Gasteiger partial charge in [0, 0.05) is 25.0 Å².